The van der Waals surface area contributed by atoms with Gasteiger partial charge in [-0.05, 0) is 36.2 Å². The number of nitrogens with zero attached hydrogens (tertiary/aromatic N) is 4. The highest BCUT2D eigenvalue weighted by Gasteiger charge is 2.31. The summed E-state index contributed by atoms with van der Waals surface area (Å²) in [5.41, 5.74) is 4.25. The summed E-state index contributed by atoms with van der Waals surface area (Å²) in [6.45, 7) is 2.23. The molecule has 5 aromatic rings. The summed E-state index contributed by atoms with van der Waals surface area (Å²) in [6.07, 6.45) is 2.24. The number of carboxylic acids is 1. The number of thiazole rings is 1. The fourth-order valence-electron chi connectivity index (χ4n) is 4.69. The van der Waals surface area contributed by atoms with Gasteiger partial charge in [0.15, 0.2) is 0 Å². The van der Waals surface area contributed by atoms with Gasteiger partial charge < -0.3 is 14.8 Å². The molecule has 3 heterocycles. The Kier molecular flexibility index (Phi) is 5.59. The normalized spacial score (nSPS) is 13.5. The molecule has 0 aliphatic carbocycles. The van der Waals surface area contributed by atoms with E-state index in [-0.39, 0.29) is 12.2 Å². The number of aliphatic hydroxyl groups is 1. The van der Waals surface area contributed by atoms with Gasteiger partial charge in [0.1, 0.15) is 17.0 Å². The number of rotatable bonds is 7. The zero-order valence-corrected chi connectivity index (χ0v) is 19.6. The minimum Gasteiger partial charge on any atom is -0.481 e. The smallest absolute Gasteiger partial charge is 0.329 e. The third-order valence-electron chi connectivity index (χ3n) is 6.34. The lowest BCUT2D eigenvalue weighted by Gasteiger charge is -2.17. The van der Waals surface area contributed by atoms with Crippen LogP contribution in [0.3, 0.4) is 0 Å². The van der Waals surface area contributed by atoms with Gasteiger partial charge in [0, 0.05) is 42.3 Å². The highest BCUT2D eigenvalue weighted by Crippen LogP contribution is 2.28. The molecule has 2 atom stereocenters. The van der Waals surface area contributed by atoms with Crippen molar-refractivity contribution in [3.05, 3.63) is 86.9 Å². The van der Waals surface area contributed by atoms with Crippen LogP contribution in [0.4, 0.5) is 0 Å². The molecule has 9 heteroatoms. The summed E-state index contributed by atoms with van der Waals surface area (Å²) in [6, 6.07) is 13.5. The number of hydrogen-bond donors (Lipinski definition) is 2. The molecule has 0 amide bonds. The van der Waals surface area contributed by atoms with E-state index in [1.165, 1.54) is 22.1 Å². The van der Waals surface area contributed by atoms with Crippen LogP contribution >= 0.6 is 11.3 Å². The zero-order valence-electron chi connectivity index (χ0n) is 18.8. The number of hydrogen-bond acceptors (Lipinski definition) is 5. The number of aliphatic carboxylic acids is 1. The van der Waals surface area contributed by atoms with Gasteiger partial charge in [-0.2, -0.15) is 0 Å². The second kappa shape index (κ2) is 8.58. The molecule has 0 radical (unpaired) electrons. The molecule has 0 aliphatic heterocycles. The highest BCUT2D eigenvalue weighted by molar-refractivity contribution is 7.09. The van der Waals surface area contributed by atoms with Gasteiger partial charge in [-0.15, -0.1) is 11.3 Å². The van der Waals surface area contributed by atoms with Crippen LogP contribution in [0.1, 0.15) is 22.2 Å². The molecular weight excluding hydrogens is 452 g/mol. The van der Waals surface area contributed by atoms with Crippen LogP contribution in [-0.2, 0) is 24.9 Å². The molecule has 0 spiro atoms. The molecule has 0 bridgehead atoms. The molecular formula is C25H24N4O4S. The number of fused-ring (bicyclic) bond motifs is 2. The van der Waals surface area contributed by atoms with Crippen molar-refractivity contribution in [2.75, 3.05) is 0 Å². The second-order valence-electron chi connectivity index (χ2n) is 8.46. The van der Waals surface area contributed by atoms with E-state index in [1.54, 1.807) is 16.0 Å². The van der Waals surface area contributed by atoms with Crippen molar-refractivity contribution < 1.29 is 15.0 Å². The van der Waals surface area contributed by atoms with Crippen LogP contribution in [0.2, 0.25) is 0 Å². The van der Waals surface area contributed by atoms with Crippen LogP contribution in [0.15, 0.2) is 65.0 Å². The molecule has 174 valence electrons. The molecule has 2 N–H and O–H groups in total. The number of aromatic nitrogens is 4. The standard InChI is InChI=1S/C25H24N4O4S/c1-15-6-5-9-20-21(15)16(12-27(20)2)13-28-18-7-3-4-8-19(18)29(25(28)33)14-17(24(31)32)22(30)23-26-10-11-34-23/h3-12,17,22,30H,13-14H2,1-2H3,(H,31,32). The quantitative estimate of drug-likeness (QED) is 0.374. The fourth-order valence-corrected chi connectivity index (χ4v) is 5.37. The molecule has 34 heavy (non-hydrogen) atoms. The SMILES string of the molecule is Cc1cccc2c1c(Cn1c(=O)n(CC(C(=O)O)C(O)c3nccs3)c3ccccc31)cn2C. The van der Waals surface area contributed by atoms with Gasteiger partial charge in [-0.3, -0.25) is 13.9 Å². The molecule has 3 aromatic heterocycles. The summed E-state index contributed by atoms with van der Waals surface area (Å²) in [5.74, 6) is -2.40. The van der Waals surface area contributed by atoms with Crippen molar-refractivity contribution in [1.29, 1.82) is 0 Å². The van der Waals surface area contributed by atoms with E-state index in [4.69, 9.17) is 0 Å². The number of carboxylic acid groups (broad SMARTS) is 1. The Morgan fingerprint density at radius 2 is 1.79 bits per heavy atom. The molecule has 0 aliphatic rings. The van der Waals surface area contributed by atoms with E-state index in [0.29, 0.717) is 22.6 Å². The summed E-state index contributed by atoms with van der Waals surface area (Å²) in [4.78, 5) is 29.7. The van der Waals surface area contributed by atoms with E-state index in [1.807, 2.05) is 42.1 Å². The zero-order chi connectivity index (χ0) is 24.0. The fraction of sp³-hybridized carbons (Fsp3) is 0.240. The van der Waals surface area contributed by atoms with Gasteiger partial charge >= 0.3 is 11.7 Å². The van der Waals surface area contributed by atoms with Crippen LogP contribution in [0.5, 0.6) is 0 Å². The second-order valence-corrected chi connectivity index (χ2v) is 9.39. The van der Waals surface area contributed by atoms with Crippen LogP contribution in [0.25, 0.3) is 21.9 Å². The van der Waals surface area contributed by atoms with Crippen LogP contribution < -0.4 is 5.69 Å². The summed E-state index contributed by atoms with van der Waals surface area (Å²) < 4.78 is 5.17. The number of aryl methyl sites for hydroxylation is 2. The third kappa shape index (κ3) is 3.63. The van der Waals surface area contributed by atoms with E-state index in [9.17, 15) is 19.8 Å². The van der Waals surface area contributed by atoms with Crippen molar-refractivity contribution >= 4 is 39.2 Å². The third-order valence-corrected chi connectivity index (χ3v) is 7.18. The Labute approximate surface area is 199 Å². The lowest BCUT2D eigenvalue weighted by Crippen LogP contribution is -2.32. The Morgan fingerprint density at radius 3 is 2.47 bits per heavy atom. The monoisotopic (exact) mass is 476 g/mol. The summed E-state index contributed by atoms with van der Waals surface area (Å²) in [7, 11) is 1.98. The maximum atomic E-state index is 13.6. The molecule has 2 unspecified atom stereocenters. The molecule has 0 fully saturated rings. The van der Waals surface area contributed by atoms with E-state index < -0.39 is 18.0 Å². The van der Waals surface area contributed by atoms with Gasteiger partial charge in [-0.25, -0.2) is 9.78 Å². The number of para-hydroxylation sites is 2. The Balaban J connectivity index is 1.61. The Morgan fingerprint density at radius 1 is 1.09 bits per heavy atom. The van der Waals surface area contributed by atoms with Crippen molar-refractivity contribution in [3.8, 4) is 0 Å². The Bertz CT molecular complexity index is 1560. The first kappa shape index (κ1) is 22.1. The summed E-state index contributed by atoms with van der Waals surface area (Å²) in [5, 5.41) is 23.7. The number of carbonyl (C=O) groups is 1. The first-order chi connectivity index (χ1) is 16.4. The summed E-state index contributed by atoms with van der Waals surface area (Å²) >= 11 is 1.19. The maximum absolute atomic E-state index is 13.6. The van der Waals surface area contributed by atoms with Crippen molar-refractivity contribution in [2.24, 2.45) is 13.0 Å². The van der Waals surface area contributed by atoms with Gasteiger partial charge in [0.25, 0.3) is 0 Å². The largest absolute Gasteiger partial charge is 0.481 e. The van der Waals surface area contributed by atoms with Crippen LogP contribution in [0, 0.1) is 12.8 Å². The number of aliphatic hydroxyl groups excluding tert-OH is 1. The lowest BCUT2D eigenvalue weighted by atomic mass is 10.0. The first-order valence-corrected chi connectivity index (χ1v) is 11.8. The number of imidazole rings is 1. The van der Waals surface area contributed by atoms with E-state index in [2.05, 4.69) is 24.0 Å². The van der Waals surface area contributed by atoms with Crippen molar-refractivity contribution in [2.45, 2.75) is 26.1 Å². The minimum absolute atomic E-state index is 0.170. The average Bonchev–Trinajstić information content (AvgIpc) is 3.52. The molecule has 2 aromatic carbocycles. The first-order valence-electron chi connectivity index (χ1n) is 10.9. The van der Waals surface area contributed by atoms with E-state index >= 15 is 0 Å². The van der Waals surface area contributed by atoms with Gasteiger partial charge in [-0.1, -0.05) is 24.3 Å². The predicted molar refractivity (Wildman–Crippen MR) is 131 cm³/mol. The van der Waals surface area contributed by atoms with Gasteiger partial charge in [0.2, 0.25) is 0 Å². The topological polar surface area (TPSA) is 102 Å². The average molecular weight is 477 g/mol. The Hall–Kier alpha value is -3.69. The molecule has 0 saturated heterocycles. The van der Waals surface area contributed by atoms with Crippen LogP contribution in [-0.4, -0.2) is 34.9 Å². The molecule has 8 nitrogen and oxygen atoms in total. The lowest BCUT2D eigenvalue weighted by molar-refractivity contribution is -0.146. The minimum atomic E-state index is -1.31. The highest BCUT2D eigenvalue weighted by atomic mass is 32.1. The van der Waals surface area contributed by atoms with Crippen molar-refractivity contribution in [3.63, 3.8) is 0 Å². The van der Waals surface area contributed by atoms with Crippen molar-refractivity contribution in [1.82, 2.24) is 18.7 Å². The van der Waals surface area contributed by atoms with E-state index in [0.717, 1.165) is 22.0 Å². The number of benzene rings is 2. The maximum Gasteiger partial charge on any atom is 0.329 e. The molecule has 0 saturated carbocycles. The van der Waals surface area contributed by atoms with Gasteiger partial charge in [0.05, 0.1) is 17.6 Å². The predicted octanol–water partition coefficient (Wildman–Crippen LogP) is 3.54. The molecule has 5 rings (SSSR count).